The lowest BCUT2D eigenvalue weighted by Crippen LogP contribution is -2.43. The lowest BCUT2D eigenvalue weighted by atomic mass is 10.1. The van der Waals surface area contributed by atoms with Gasteiger partial charge >= 0.3 is 0 Å². The molecule has 1 fully saturated rings. The van der Waals surface area contributed by atoms with E-state index in [4.69, 9.17) is 9.15 Å². The molecular weight excluding hydrogens is 300 g/mol. The number of nitrogens with zero attached hydrogens (tertiary/aromatic N) is 1. The Bertz CT molecular complexity index is 613. The number of furan rings is 1. The molecule has 1 aliphatic rings. The number of benzene rings is 1. The number of piperidine rings is 1. The smallest absolute Gasteiger partial charge is 0.134 e. The van der Waals surface area contributed by atoms with Gasteiger partial charge in [-0.3, -0.25) is 0 Å². The zero-order valence-electron chi connectivity index (χ0n) is 14.8. The molecule has 1 aromatic carbocycles. The summed E-state index contributed by atoms with van der Waals surface area (Å²) in [4.78, 5) is 2.48. The van der Waals surface area contributed by atoms with Crippen molar-refractivity contribution in [3.63, 3.8) is 0 Å². The van der Waals surface area contributed by atoms with Crippen molar-refractivity contribution < 1.29 is 9.15 Å². The van der Waals surface area contributed by atoms with Gasteiger partial charge in [0, 0.05) is 25.3 Å². The first kappa shape index (κ1) is 17.2. The Morgan fingerprint density at radius 3 is 2.58 bits per heavy atom. The van der Waals surface area contributed by atoms with Gasteiger partial charge in [-0.1, -0.05) is 29.8 Å². The maximum Gasteiger partial charge on any atom is 0.134 e. The van der Waals surface area contributed by atoms with Gasteiger partial charge < -0.3 is 19.4 Å². The first-order valence-electron chi connectivity index (χ1n) is 8.85. The predicted octanol–water partition coefficient (Wildman–Crippen LogP) is 3.46. The summed E-state index contributed by atoms with van der Waals surface area (Å²) in [6, 6.07) is 13.2. The molecule has 1 N–H and O–H groups in total. The third kappa shape index (κ3) is 4.69. The second-order valence-corrected chi connectivity index (χ2v) is 6.62. The summed E-state index contributed by atoms with van der Waals surface area (Å²) in [5, 5.41) is 3.64. The van der Waals surface area contributed by atoms with E-state index in [-0.39, 0.29) is 0 Å². The highest BCUT2D eigenvalue weighted by Crippen LogP contribution is 2.22. The van der Waals surface area contributed by atoms with Crippen LogP contribution in [-0.2, 0) is 11.3 Å². The number of likely N-dealkylation sites (tertiary alicyclic amines) is 1. The number of hydrogen-bond acceptors (Lipinski definition) is 4. The Morgan fingerprint density at radius 1 is 1.12 bits per heavy atom. The highest BCUT2D eigenvalue weighted by Gasteiger charge is 2.18. The van der Waals surface area contributed by atoms with Gasteiger partial charge in [0.15, 0.2) is 0 Å². The third-order valence-electron chi connectivity index (χ3n) is 4.76. The van der Waals surface area contributed by atoms with Gasteiger partial charge in [-0.15, -0.1) is 0 Å². The van der Waals surface area contributed by atoms with Gasteiger partial charge in [-0.25, -0.2) is 0 Å². The minimum atomic E-state index is 0.580. The molecule has 0 amide bonds. The highest BCUT2D eigenvalue weighted by atomic mass is 16.5. The lowest BCUT2D eigenvalue weighted by Gasteiger charge is -2.32. The van der Waals surface area contributed by atoms with Crippen molar-refractivity contribution in [2.45, 2.75) is 32.4 Å². The van der Waals surface area contributed by atoms with Gasteiger partial charge in [0.05, 0.1) is 13.2 Å². The van der Waals surface area contributed by atoms with E-state index in [1.165, 1.54) is 18.4 Å². The van der Waals surface area contributed by atoms with Gasteiger partial charge in [0.1, 0.15) is 11.5 Å². The Kier molecular flexibility index (Phi) is 6.07. The molecule has 1 saturated heterocycles. The van der Waals surface area contributed by atoms with Crippen LogP contribution in [0.3, 0.4) is 0 Å². The Morgan fingerprint density at radius 2 is 1.88 bits per heavy atom. The van der Waals surface area contributed by atoms with Crippen molar-refractivity contribution >= 4 is 0 Å². The van der Waals surface area contributed by atoms with Crippen molar-refractivity contribution in [3.8, 4) is 11.3 Å². The molecule has 0 aliphatic carbocycles. The summed E-state index contributed by atoms with van der Waals surface area (Å²) in [5.41, 5.74) is 2.40. The summed E-state index contributed by atoms with van der Waals surface area (Å²) in [7, 11) is 1.77. The number of aryl methyl sites for hydroxylation is 1. The maximum absolute atomic E-state index is 5.99. The van der Waals surface area contributed by atoms with Crippen molar-refractivity contribution in [1.82, 2.24) is 10.2 Å². The van der Waals surface area contributed by atoms with E-state index in [9.17, 15) is 0 Å². The van der Waals surface area contributed by atoms with Crippen LogP contribution in [0, 0.1) is 6.92 Å². The molecule has 130 valence electrons. The van der Waals surface area contributed by atoms with Crippen molar-refractivity contribution in [3.05, 3.63) is 47.7 Å². The number of rotatable bonds is 7. The average molecular weight is 328 g/mol. The van der Waals surface area contributed by atoms with Crippen LogP contribution in [-0.4, -0.2) is 44.3 Å². The topological polar surface area (TPSA) is 37.6 Å². The first-order valence-corrected chi connectivity index (χ1v) is 8.85. The van der Waals surface area contributed by atoms with Crippen LogP contribution in [0.4, 0.5) is 0 Å². The number of hydrogen-bond donors (Lipinski definition) is 1. The van der Waals surface area contributed by atoms with Crippen LogP contribution in [0.2, 0.25) is 0 Å². The van der Waals surface area contributed by atoms with E-state index in [1.54, 1.807) is 7.11 Å². The van der Waals surface area contributed by atoms with Crippen LogP contribution in [0.5, 0.6) is 0 Å². The normalized spacial score (nSPS) is 16.6. The Hall–Kier alpha value is -1.62. The average Bonchev–Trinajstić information content (AvgIpc) is 3.09. The molecule has 1 aromatic heterocycles. The van der Waals surface area contributed by atoms with Crippen LogP contribution in [0.25, 0.3) is 11.3 Å². The predicted molar refractivity (Wildman–Crippen MR) is 97.1 cm³/mol. The van der Waals surface area contributed by atoms with Gasteiger partial charge in [0.2, 0.25) is 0 Å². The summed E-state index contributed by atoms with van der Waals surface area (Å²) < 4.78 is 11.1. The second kappa shape index (κ2) is 8.47. The molecule has 2 heterocycles. The third-order valence-corrected chi connectivity index (χ3v) is 4.76. The molecule has 0 unspecified atom stereocenters. The largest absolute Gasteiger partial charge is 0.460 e. The summed E-state index contributed by atoms with van der Waals surface area (Å²) >= 11 is 0. The minimum Gasteiger partial charge on any atom is -0.460 e. The van der Waals surface area contributed by atoms with E-state index >= 15 is 0 Å². The van der Waals surface area contributed by atoms with Gasteiger partial charge in [-0.2, -0.15) is 0 Å². The number of nitrogens with one attached hydrogen (secondary N) is 1. The maximum atomic E-state index is 5.99. The summed E-state index contributed by atoms with van der Waals surface area (Å²) in [6.45, 7) is 7.06. The van der Waals surface area contributed by atoms with E-state index in [2.05, 4.69) is 53.5 Å². The fraction of sp³-hybridized carbons (Fsp3) is 0.500. The van der Waals surface area contributed by atoms with E-state index < -0.39 is 0 Å². The number of methoxy groups -OCH3 is 1. The fourth-order valence-electron chi connectivity index (χ4n) is 3.17. The molecule has 0 atom stereocenters. The molecule has 0 radical (unpaired) electrons. The molecule has 2 aromatic rings. The van der Waals surface area contributed by atoms with E-state index in [0.717, 1.165) is 49.9 Å². The molecular formula is C20H28N2O2. The van der Waals surface area contributed by atoms with Crippen LogP contribution in [0.1, 0.15) is 24.2 Å². The molecule has 0 spiro atoms. The quantitative estimate of drug-likeness (QED) is 0.845. The van der Waals surface area contributed by atoms with Gasteiger partial charge in [0.25, 0.3) is 0 Å². The highest BCUT2D eigenvalue weighted by molar-refractivity contribution is 5.57. The molecule has 1 aliphatic heterocycles. The zero-order chi connectivity index (χ0) is 16.8. The minimum absolute atomic E-state index is 0.580. The Balaban J connectivity index is 1.45. The molecule has 0 saturated carbocycles. The first-order chi connectivity index (χ1) is 11.7. The summed E-state index contributed by atoms with van der Waals surface area (Å²) in [6.07, 6.45) is 2.38. The second-order valence-electron chi connectivity index (χ2n) is 6.62. The lowest BCUT2D eigenvalue weighted by molar-refractivity contribution is 0.125. The molecule has 24 heavy (non-hydrogen) atoms. The monoisotopic (exact) mass is 328 g/mol. The van der Waals surface area contributed by atoms with Crippen molar-refractivity contribution in [2.24, 2.45) is 0 Å². The fourth-order valence-corrected chi connectivity index (χ4v) is 3.17. The van der Waals surface area contributed by atoms with Crippen LogP contribution in [0.15, 0.2) is 40.8 Å². The SMILES string of the molecule is COCCN1CCC(NCc2ccc(-c3ccc(C)cc3)o2)CC1. The standard InChI is InChI=1S/C20H28N2O2/c1-16-3-5-17(6-4-16)20-8-7-19(24-20)15-21-18-9-11-22(12-10-18)13-14-23-2/h3-8,18,21H,9-15H2,1-2H3. The molecule has 4 nitrogen and oxygen atoms in total. The zero-order valence-corrected chi connectivity index (χ0v) is 14.8. The summed E-state index contributed by atoms with van der Waals surface area (Å²) in [5.74, 6) is 1.95. The van der Waals surface area contributed by atoms with E-state index in [0.29, 0.717) is 6.04 Å². The number of ether oxygens (including phenoxy) is 1. The Labute approximate surface area is 144 Å². The van der Waals surface area contributed by atoms with Crippen LogP contribution < -0.4 is 5.32 Å². The molecule has 0 bridgehead atoms. The van der Waals surface area contributed by atoms with Crippen LogP contribution >= 0.6 is 0 Å². The van der Waals surface area contributed by atoms with Crippen molar-refractivity contribution in [1.29, 1.82) is 0 Å². The molecule has 4 heteroatoms. The van der Waals surface area contributed by atoms with Crippen molar-refractivity contribution in [2.75, 3.05) is 33.4 Å². The molecule has 3 rings (SSSR count). The van der Waals surface area contributed by atoms with Gasteiger partial charge in [-0.05, 0) is 45.0 Å². The van der Waals surface area contributed by atoms with E-state index in [1.807, 2.05) is 0 Å².